The van der Waals surface area contributed by atoms with Gasteiger partial charge in [0.1, 0.15) is 21.5 Å². The van der Waals surface area contributed by atoms with Crippen LogP contribution in [0.2, 0.25) is 5.02 Å². The van der Waals surface area contributed by atoms with Gasteiger partial charge in [-0.05, 0) is 55.0 Å². The zero-order valence-corrected chi connectivity index (χ0v) is 23.4. The van der Waals surface area contributed by atoms with Crippen LogP contribution in [-0.2, 0) is 11.3 Å². The van der Waals surface area contributed by atoms with Gasteiger partial charge in [0.25, 0.3) is 11.5 Å². The van der Waals surface area contributed by atoms with Gasteiger partial charge in [-0.1, -0.05) is 47.7 Å². The van der Waals surface area contributed by atoms with Crippen LogP contribution in [0.5, 0.6) is 0 Å². The number of carbonyl (C=O) groups is 1. The van der Waals surface area contributed by atoms with Crippen molar-refractivity contribution in [2.75, 3.05) is 36.0 Å². The minimum atomic E-state index is -0.258. The summed E-state index contributed by atoms with van der Waals surface area (Å²) in [6.45, 7) is 4.95. The number of carbonyl (C=O) groups excluding carboxylic acids is 1. The molecule has 1 aromatic carbocycles. The molecule has 198 valence electrons. The minimum Gasteiger partial charge on any atom is -0.467 e. The molecular weight excluding hydrogens is 554 g/mol. The Kier molecular flexibility index (Phi) is 6.92. The number of anilines is 2. The normalized spacial score (nSPS) is 17.2. The number of thiocarbonyl (C=S) groups is 1. The molecule has 3 aromatic heterocycles. The van der Waals surface area contributed by atoms with Crippen molar-refractivity contribution in [2.24, 2.45) is 0 Å². The van der Waals surface area contributed by atoms with Gasteiger partial charge >= 0.3 is 0 Å². The topological polar surface area (TPSA) is 74.3 Å². The van der Waals surface area contributed by atoms with E-state index in [1.54, 1.807) is 30.7 Å². The quantitative estimate of drug-likeness (QED) is 0.243. The van der Waals surface area contributed by atoms with Gasteiger partial charge in [-0.3, -0.25) is 18.9 Å². The molecule has 0 N–H and O–H groups in total. The average molecular weight is 578 g/mol. The third-order valence-electron chi connectivity index (χ3n) is 6.86. The number of rotatable bonds is 5. The summed E-state index contributed by atoms with van der Waals surface area (Å²) in [6, 6.07) is 15.1. The lowest BCUT2D eigenvalue weighted by Crippen LogP contribution is -2.47. The maximum atomic E-state index is 13.8. The van der Waals surface area contributed by atoms with Gasteiger partial charge in [-0.25, -0.2) is 4.98 Å². The number of pyridine rings is 1. The van der Waals surface area contributed by atoms with Crippen molar-refractivity contribution < 1.29 is 9.21 Å². The van der Waals surface area contributed by atoms with Crippen molar-refractivity contribution in [1.29, 1.82) is 0 Å². The second-order valence-electron chi connectivity index (χ2n) is 9.34. The van der Waals surface area contributed by atoms with Gasteiger partial charge < -0.3 is 14.2 Å². The molecule has 0 aliphatic carbocycles. The number of amides is 1. The van der Waals surface area contributed by atoms with Crippen LogP contribution in [0.15, 0.2) is 75.1 Å². The molecule has 6 rings (SSSR count). The molecule has 1 amide bonds. The molecule has 0 bridgehead atoms. The number of benzene rings is 1. The molecule has 39 heavy (non-hydrogen) atoms. The van der Waals surface area contributed by atoms with Crippen molar-refractivity contribution in [2.45, 2.75) is 13.5 Å². The van der Waals surface area contributed by atoms with E-state index in [1.165, 1.54) is 21.1 Å². The number of furan rings is 1. The molecule has 0 radical (unpaired) electrons. The second kappa shape index (κ2) is 10.5. The number of aromatic nitrogens is 2. The third-order valence-corrected chi connectivity index (χ3v) is 8.47. The molecule has 11 heteroatoms. The first-order valence-electron chi connectivity index (χ1n) is 12.4. The Morgan fingerprint density at radius 1 is 1.08 bits per heavy atom. The van der Waals surface area contributed by atoms with E-state index in [0.717, 1.165) is 24.3 Å². The highest BCUT2D eigenvalue weighted by atomic mass is 35.5. The fourth-order valence-corrected chi connectivity index (χ4v) is 6.26. The molecular formula is C28H24ClN5O3S2. The molecule has 2 fully saturated rings. The van der Waals surface area contributed by atoms with E-state index in [1.807, 2.05) is 43.3 Å². The van der Waals surface area contributed by atoms with Crippen LogP contribution in [0.1, 0.15) is 16.9 Å². The van der Waals surface area contributed by atoms with Gasteiger partial charge in [0.05, 0.1) is 23.3 Å². The van der Waals surface area contributed by atoms with Crippen LogP contribution in [0, 0.1) is 6.92 Å². The van der Waals surface area contributed by atoms with Crippen LogP contribution in [0.4, 0.5) is 11.5 Å². The molecule has 4 aromatic rings. The number of thioether (sulfide) groups is 1. The summed E-state index contributed by atoms with van der Waals surface area (Å²) in [6.07, 6.45) is 4.91. The Morgan fingerprint density at radius 3 is 2.62 bits per heavy atom. The van der Waals surface area contributed by atoms with Gasteiger partial charge in [-0.2, -0.15) is 0 Å². The van der Waals surface area contributed by atoms with Gasteiger partial charge in [0.15, 0.2) is 0 Å². The highest BCUT2D eigenvalue weighted by molar-refractivity contribution is 8.26. The van der Waals surface area contributed by atoms with Crippen LogP contribution >= 0.6 is 35.6 Å². The van der Waals surface area contributed by atoms with E-state index in [9.17, 15) is 9.59 Å². The Labute approximate surface area is 239 Å². The van der Waals surface area contributed by atoms with Crippen LogP contribution < -0.4 is 15.4 Å². The van der Waals surface area contributed by atoms with Crippen LogP contribution in [0.3, 0.4) is 0 Å². The molecule has 0 unspecified atom stereocenters. The number of halogens is 1. The Balaban J connectivity index is 1.36. The van der Waals surface area contributed by atoms with Crippen molar-refractivity contribution in [3.8, 4) is 0 Å². The molecule has 2 aliphatic heterocycles. The van der Waals surface area contributed by atoms with E-state index in [2.05, 4.69) is 9.80 Å². The van der Waals surface area contributed by atoms with Crippen molar-refractivity contribution in [1.82, 2.24) is 14.3 Å². The number of nitrogens with zero attached hydrogens (tertiary/aromatic N) is 5. The van der Waals surface area contributed by atoms with Crippen molar-refractivity contribution >= 4 is 69.0 Å². The Bertz CT molecular complexity index is 1680. The fraction of sp³-hybridized carbons (Fsp3) is 0.214. The van der Waals surface area contributed by atoms with Crippen molar-refractivity contribution in [3.05, 3.63) is 98.2 Å². The summed E-state index contributed by atoms with van der Waals surface area (Å²) in [5.74, 6) is 0.942. The Morgan fingerprint density at radius 2 is 1.87 bits per heavy atom. The second-order valence-corrected chi connectivity index (χ2v) is 11.5. The lowest BCUT2D eigenvalue weighted by Gasteiger charge is -2.37. The molecule has 0 saturated carbocycles. The lowest BCUT2D eigenvalue weighted by molar-refractivity contribution is -0.122. The predicted molar refractivity (Wildman–Crippen MR) is 160 cm³/mol. The number of hydrogen-bond donors (Lipinski definition) is 0. The molecule has 0 atom stereocenters. The maximum absolute atomic E-state index is 13.8. The predicted octanol–water partition coefficient (Wildman–Crippen LogP) is 4.98. The standard InChI is InChI=1S/C28H24ClN5O3S2/c1-18-5-3-9-33-24(18)30-25(32-12-10-31(11-13-32)20-7-2-6-19(29)15-20)22(26(33)35)16-23-27(36)34(28(38)39-23)17-21-8-4-14-37-21/h2-9,14-16H,10-13,17H2,1H3/b23-16+. The first-order chi connectivity index (χ1) is 18.9. The average Bonchev–Trinajstić information content (AvgIpc) is 3.55. The fourth-order valence-electron chi connectivity index (χ4n) is 4.84. The van der Waals surface area contributed by atoms with E-state index < -0.39 is 0 Å². The summed E-state index contributed by atoms with van der Waals surface area (Å²) in [5, 5.41) is 0.696. The smallest absolute Gasteiger partial charge is 0.267 e. The van der Waals surface area contributed by atoms with E-state index in [0.29, 0.717) is 50.1 Å². The Hall–Kier alpha value is -3.60. The molecule has 2 aliphatic rings. The maximum Gasteiger partial charge on any atom is 0.267 e. The zero-order valence-electron chi connectivity index (χ0n) is 21.0. The third kappa shape index (κ3) is 4.95. The van der Waals surface area contributed by atoms with Crippen LogP contribution in [-0.4, -0.2) is 50.7 Å². The van der Waals surface area contributed by atoms with Gasteiger partial charge in [0, 0.05) is 43.1 Å². The van der Waals surface area contributed by atoms with Gasteiger partial charge in [-0.15, -0.1) is 0 Å². The van der Waals surface area contributed by atoms with E-state index in [-0.39, 0.29) is 18.0 Å². The SMILES string of the molecule is Cc1cccn2c(=O)c(/C=C3/SC(=S)N(Cc4ccco4)C3=O)c(N3CCN(c4cccc(Cl)c4)CC3)nc12. The van der Waals surface area contributed by atoms with Crippen LogP contribution in [0.25, 0.3) is 11.7 Å². The summed E-state index contributed by atoms with van der Waals surface area (Å²) >= 11 is 12.9. The van der Waals surface area contributed by atoms with Gasteiger partial charge in [0.2, 0.25) is 0 Å². The lowest BCUT2D eigenvalue weighted by atomic mass is 10.2. The number of fused-ring (bicyclic) bond motifs is 1. The highest BCUT2D eigenvalue weighted by Gasteiger charge is 2.34. The number of hydrogen-bond acceptors (Lipinski definition) is 8. The first kappa shape index (κ1) is 25.7. The molecule has 8 nitrogen and oxygen atoms in total. The summed E-state index contributed by atoms with van der Waals surface area (Å²) in [5.41, 5.74) is 2.69. The van der Waals surface area contributed by atoms with Crippen molar-refractivity contribution in [3.63, 3.8) is 0 Å². The monoisotopic (exact) mass is 577 g/mol. The first-order valence-corrected chi connectivity index (χ1v) is 14.0. The highest BCUT2D eigenvalue weighted by Crippen LogP contribution is 2.35. The van der Waals surface area contributed by atoms with E-state index in [4.69, 9.17) is 33.2 Å². The largest absolute Gasteiger partial charge is 0.467 e. The summed E-state index contributed by atoms with van der Waals surface area (Å²) < 4.78 is 7.36. The minimum absolute atomic E-state index is 0.229. The molecule has 2 saturated heterocycles. The summed E-state index contributed by atoms with van der Waals surface area (Å²) in [4.78, 5) is 38.4. The molecule has 5 heterocycles. The summed E-state index contributed by atoms with van der Waals surface area (Å²) in [7, 11) is 0. The van der Waals surface area contributed by atoms with E-state index >= 15 is 0 Å². The number of aryl methyl sites for hydroxylation is 1. The number of piperazine rings is 1. The zero-order chi connectivity index (χ0) is 27.1. The molecule has 0 spiro atoms.